The van der Waals surface area contributed by atoms with Crippen molar-refractivity contribution in [1.82, 2.24) is 0 Å². The largest absolute Gasteiger partial charge is 0.506 e. The van der Waals surface area contributed by atoms with Crippen LogP contribution in [-0.4, -0.2) is 33.2 Å². The van der Waals surface area contributed by atoms with Gasteiger partial charge in [0, 0.05) is 16.5 Å². The Morgan fingerprint density at radius 1 is 0.829 bits per heavy atom. The molecule has 10 heteroatoms. The lowest BCUT2D eigenvalue weighted by Gasteiger charge is -2.14. The maximum atomic E-state index is 13.2. The molecule has 1 heterocycles. The van der Waals surface area contributed by atoms with Crippen molar-refractivity contribution in [3.63, 3.8) is 0 Å². The van der Waals surface area contributed by atoms with E-state index in [2.05, 4.69) is 9.68 Å². The molecule has 4 aromatic carbocycles. The molecule has 0 bridgehead atoms. The second-order valence-electron chi connectivity index (χ2n) is 7.57. The zero-order valence-corrected chi connectivity index (χ0v) is 18.6. The molecule has 0 aliphatic carbocycles. The van der Waals surface area contributed by atoms with E-state index in [9.17, 15) is 29.7 Å². The predicted octanol–water partition coefficient (Wildman–Crippen LogP) is 4.99. The Hall–Kier alpha value is -4.70. The number of para-hydroxylation sites is 1. The van der Waals surface area contributed by atoms with Crippen LogP contribution in [0.5, 0.6) is 11.5 Å². The van der Waals surface area contributed by atoms with Gasteiger partial charge in [-0.05, 0) is 36.4 Å². The molecule has 1 unspecified atom stereocenters. The topological polar surface area (TPSA) is 146 Å². The first-order valence-electron chi connectivity index (χ1n) is 10.2. The van der Waals surface area contributed by atoms with Gasteiger partial charge < -0.3 is 24.8 Å². The lowest BCUT2D eigenvalue weighted by molar-refractivity contribution is 0.0696. The molecule has 1 atom stereocenters. The fraction of sp³-hybridized carbons (Fsp3) is 0. The van der Waals surface area contributed by atoms with Crippen LogP contribution in [0.3, 0.4) is 0 Å². The molecule has 1 aliphatic heterocycles. The van der Waals surface area contributed by atoms with Crippen molar-refractivity contribution in [2.75, 3.05) is 5.32 Å². The summed E-state index contributed by atoms with van der Waals surface area (Å²) in [6.45, 7) is 0. The van der Waals surface area contributed by atoms with Crippen molar-refractivity contribution in [2.24, 2.45) is 4.36 Å². The molecule has 1 aliphatic rings. The van der Waals surface area contributed by atoms with Gasteiger partial charge in [0.15, 0.2) is 5.75 Å². The maximum Gasteiger partial charge on any atom is 0.335 e. The van der Waals surface area contributed by atoms with E-state index in [4.69, 9.17) is 4.18 Å². The van der Waals surface area contributed by atoms with E-state index in [-0.39, 0.29) is 28.1 Å². The van der Waals surface area contributed by atoms with Gasteiger partial charge in [0.2, 0.25) is 0 Å². The number of carboxylic acid groups (broad SMARTS) is 2. The zero-order chi connectivity index (χ0) is 24.7. The lowest BCUT2D eigenvalue weighted by Crippen LogP contribution is -2.15. The Morgan fingerprint density at radius 3 is 2.11 bits per heavy atom. The number of nitrogens with one attached hydrogen (secondary N) is 1. The Morgan fingerprint density at radius 2 is 1.46 bits per heavy atom. The number of carbonyl (C=O) groups is 3. The van der Waals surface area contributed by atoms with Crippen LogP contribution in [0.25, 0.3) is 10.8 Å². The van der Waals surface area contributed by atoms with Crippen LogP contribution in [-0.2, 0) is 11.0 Å². The number of aromatic hydroxyl groups is 1. The Labute approximate surface area is 200 Å². The van der Waals surface area contributed by atoms with Crippen LogP contribution in [0.4, 0.5) is 11.4 Å². The van der Waals surface area contributed by atoms with E-state index >= 15 is 0 Å². The summed E-state index contributed by atoms with van der Waals surface area (Å²) in [6.07, 6.45) is 0. The van der Waals surface area contributed by atoms with Crippen molar-refractivity contribution >= 4 is 51.0 Å². The Kier molecular flexibility index (Phi) is 5.42. The van der Waals surface area contributed by atoms with Crippen LogP contribution >= 0.6 is 0 Å². The molecule has 0 radical (unpaired) electrons. The minimum absolute atomic E-state index is 0.0435. The van der Waals surface area contributed by atoms with Gasteiger partial charge in [-0.3, -0.25) is 4.79 Å². The summed E-state index contributed by atoms with van der Waals surface area (Å²) >= 11 is 0. The average molecular weight is 488 g/mol. The summed E-state index contributed by atoms with van der Waals surface area (Å²) < 4.78 is 10.6. The molecular weight excluding hydrogens is 472 g/mol. The number of anilines is 1. The molecule has 1 amide bonds. The predicted molar refractivity (Wildman–Crippen MR) is 129 cm³/mol. The van der Waals surface area contributed by atoms with E-state index < -0.39 is 28.8 Å². The van der Waals surface area contributed by atoms with Crippen molar-refractivity contribution < 1.29 is 33.9 Å². The standard InChI is InChI=1S/C25H16N2O7S/c28-22-17-6-2-1-5-16(17)21(35-27-19-7-3-4-8-20(19)34-35)12-18(22)23(29)26-15-10-13(24(30)31)9-14(11-15)25(32)33/h1-12,28H,(H,26,29)(H,30,31)(H,32,33). The first-order valence-corrected chi connectivity index (χ1v) is 11.3. The second kappa shape index (κ2) is 8.58. The van der Waals surface area contributed by atoms with Gasteiger partial charge in [-0.1, -0.05) is 36.4 Å². The van der Waals surface area contributed by atoms with E-state index in [1.54, 1.807) is 30.3 Å². The van der Waals surface area contributed by atoms with Crippen LogP contribution in [0.1, 0.15) is 31.1 Å². The summed E-state index contributed by atoms with van der Waals surface area (Å²) in [4.78, 5) is 36.6. The highest BCUT2D eigenvalue weighted by atomic mass is 32.2. The molecule has 4 N–H and O–H groups in total. The third kappa shape index (κ3) is 4.06. The van der Waals surface area contributed by atoms with Crippen molar-refractivity contribution in [3.05, 3.63) is 89.5 Å². The molecule has 9 nitrogen and oxygen atoms in total. The number of amides is 1. The quantitative estimate of drug-likeness (QED) is 0.309. The minimum Gasteiger partial charge on any atom is -0.506 e. The number of aromatic carboxylic acids is 2. The fourth-order valence-electron chi connectivity index (χ4n) is 3.68. The number of hydrogen-bond donors (Lipinski definition) is 4. The number of rotatable bonds is 5. The van der Waals surface area contributed by atoms with E-state index in [0.717, 1.165) is 18.2 Å². The number of fused-ring (bicyclic) bond motifs is 2. The summed E-state index contributed by atoms with van der Waals surface area (Å²) in [6, 6.07) is 19.0. The number of benzene rings is 4. The third-order valence-corrected chi connectivity index (χ3v) is 6.72. The summed E-state index contributed by atoms with van der Waals surface area (Å²) in [5.41, 5.74) is -0.0793. The van der Waals surface area contributed by atoms with Gasteiger partial charge >= 0.3 is 11.9 Å². The highest BCUT2D eigenvalue weighted by molar-refractivity contribution is 7.83. The van der Waals surface area contributed by atoms with E-state index in [1.165, 1.54) is 6.07 Å². The number of phenolic OH excluding ortho intramolecular Hbond substituents is 1. The van der Waals surface area contributed by atoms with Gasteiger partial charge in [0.25, 0.3) is 5.91 Å². The van der Waals surface area contributed by atoms with Crippen LogP contribution in [0.15, 0.2) is 82.1 Å². The van der Waals surface area contributed by atoms with Gasteiger partial charge in [-0.25, -0.2) is 9.59 Å². The molecule has 0 saturated carbocycles. The molecule has 0 aromatic heterocycles. The lowest BCUT2D eigenvalue weighted by atomic mass is 10.0. The van der Waals surface area contributed by atoms with Crippen molar-refractivity contribution in [2.45, 2.75) is 4.90 Å². The average Bonchev–Trinajstić information content (AvgIpc) is 3.28. The second-order valence-corrected chi connectivity index (χ2v) is 8.86. The number of nitrogens with zero attached hydrogens (tertiary/aromatic N) is 1. The maximum absolute atomic E-state index is 13.2. The molecule has 0 fully saturated rings. The van der Waals surface area contributed by atoms with E-state index in [0.29, 0.717) is 27.1 Å². The monoisotopic (exact) mass is 488 g/mol. The van der Waals surface area contributed by atoms with Gasteiger partial charge in [-0.2, -0.15) is 4.36 Å². The molecule has 5 rings (SSSR count). The van der Waals surface area contributed by atoms with Crippen LogP contribution in [0, 0.1) is 0 Å². The summed E-state index contributed by atoms with van der Waals surface area (Å²) in [5.74, 6) is -3.13. The molecule has 0 saturated heterocycles. The number of carboxylic acids is 2. The number of hydrogen-bond acceptors (Lipinski definition) is 6. The normalized spacial score (nSPS) is 14.0. The highest BCUT2D eigenvalue weighted by Crippen LogP contribution is 2.40. The molecule has 174 valence electrons. The van der Waals surface area contributed by atoms with Gasteiger partial charge in [-0.15, -0.1) is 0 Å². The van der Waals surface area contributed by atoms with E-state index in [1.807, 2.05) is 18.2 Å². The number of carbonyl (C=O) groups excluding carboxylic acids is 1. The molecular formula is C25H16N2O7S. The first-order chi connectivity index (χ1) is 16.8. The van der Waals surface area contributed by atoms with Crippen molar-refractivity contribution in [3.8, 4) is 11.5 Å². The zero-order valence-electron chi connectivity index (χ0n) is 17.8. The van der Waals surface area contributed by atoms with Crippen LogP contribution in [0.2, 0.25) is 0 Å². The minimum atomic E-state index is -1.35. The smallest absolute Gasteiger partial charge is 0.335 e. The SMILES string of the molecule is O=C(O)c1cc(NC(=O)c2cc(S3=Nc4ccccc4O3)c3ccccc3c2O)cc(C(=O)O)c1. The number of phenols is 1. The first kappa shape index (κ1) is 22.1. The van der Waals surface area contributed by atoms with Crippen LogP contribution < -0.4 is 9.50 Å². The molecule has 0 spiro atoms. The third-order valence-electron chi connectivity index (χ3n) is 5.31. The Bertz CT molecular complexity index is 1560. The van der Waals surface area contributed by atoms with Crippen molar-refractivity contribution in [1.29, 1.82) is 0 Å². The molecule has 4 aromatic rings. The fourth-order valence-corrected chi connectivity index (χ4v) is 5.13. The summed E-state index contributed by atoms with van der Waals surface area (Å²) in [5, 5.41) is 33.0. The van der Waals surface area contributed by atoms with Gasteiger partial charge in [0.05, 0.1) is 21.6 Å². The summed E-state index contributed by atoms with van der Waals surface area (Å²) in [7, 11) is -1.08. The van der Waals surface area contributed by atoms with Gasteiger partial charge in [0.1, 0.15) is 22.4 Å². The molecule has 35 heavy (non-hydrogen) atoms. The highest BCUT2D eigenvalue weighted by Gasteiger charge is 2.24. The Balaban J connectivity index is 1.59.